The van der Waals surface area contributed by atoms with Crippen molar-refractivity contribution in [1.82, 2.24) is 9.80 Å². The number of hydrogen-bond acceptors (Lipinski definition) is 3. The van der Waals surface area contributed by atoms with Gasteiger partial charge in [-0.25, -0.2) is 4.39 Å². The zero-order chi connectivity index (χ0) is 19.4. The Morgan fingerprint density at radius 3 is 2.44 bits per heavy atom. The maximum atomic E-state index is 13.9. The van der Waals surface area contributed by atoms with Gasteiger partial charge in [0.15, 0.2) is 0 Å². The number of rotatable bonds is 5. The van der Waals surface area contributed by atoms with Crippen LogP contribution in [0, 0.1) is 5.82 Å². The number of piperazine rings is 1. The highest BCUT2D eigenvalue weighted by molar-refractivity contribution is 6.31. The molecule has 1 saturated heterocycles. The molecule has 0 radical (unpaired) electrons. The van der Waals surface area contributed by atoms with Crippen LogP contribution in [0.3, 0.4) is 0 Å². The molecule has 27 heavy (non-hydrogen) atoms. The minimum absolute atomic E-state index is 0.100. The van der Waals surface area contributed by atoms with Crippen molar-refractivity contribution in [2.75, 3.05) is 26.2 Å². The maximum absolute atomic E-state index is 13.9. The summed E-state index contributed by atoms with van der Waals surface area (Å²) in [6.07, 6.45) is 0. The van der Waals surface area contributed by atoms with Crippen LogP contribution in [0.1, 0.15) is 15.9 Å². The Balaban J connectivity index is 1.63. The van der Waals surface area contributed by atoms with Crippen molar-refractivity contribution >= 4 is 17.5 Å². The summed E-state index contributed by atoms with van der Waals surface area (Å²) in [4.78, 5) is 16.2. The zero-order valence-electron chi connectivity index (χ0n) is 14.4. The van der Waals surface area contributed by atoms with Gasteiger partial charge < -0.3 is 9.64 Å². The van der Waals surface area contributed by atoms with Crippen molar-refractivity contribution in [3.63, 3.8) is 0 Å². The fourth-order valence-corrected chi connectivity index (χ4v) is 3.25. The van der Waals surface area contributed by atoms with Gasteiger partial charge in [0, 0.05) is 43.3 Å². The van der Waals surface area contributed by atoms with E-state index in [0.717, 1.165) is 0 Å². The lowest BCUT2D eigenvalue weighted by atomic mass is 10.1. The van der Waals surface area contributed by atoms with Gasteiger partial charge in [0.1, 0.15) is 11.6 Å². The first-order chi connectivity index (χ1) is 13.0. The fourth-order valence-electron chi connectivity index (χ4n) is 3.03. The van der Waals surface area contributed by atoms with Crippen LogP contribution >= 0.6 is 11.6 Å². The second kappa shape index (κ2) is 8.63. The van der Waals surface area contributed by atoms with E-state index in [0.29, 0.717) is 43.3 Å². The Hall–Kier alpha value is -2.25. The topological polar surface area (TPSA) is 32.8 Å². The third-order valence-corrected chi connectivity index (χ3v) is 4.79. The highest BCUT2D eigenvalue weighted by atomic mass is 35.5. The molecule has 1 heterocycles. The van der Waals surface area contributed by atoms with Crippen LogP contribution < -0.4 is 4.74 Å². The Kier molecular flexibility index (Phi) is 6.23. The summed E-state index contributed by atoms with van der Waals surface area (Å²) in [5.74, 6) is -0.869. The van der Waals surface area contributed by atoms with Gasteiger partial charge in [0.05, 0.1) is 5.56 Å². The quantitative estimate of drug-likeness (QED) is 0.762. The largest absolute Gasteiger partial charge is 0.434 e. The van der Waals surface area contributed by atoms with Gasteiger partial charge in [-0.3, -0.25) is 9.69 Å². The minimum atomic E-state index is -3.00. The zero-order valence-corrected chi connectivity index (χ0v) is 15.1. The van der Waals surface area contributed by atoms with Gasteiger partial charge in [0.25, 0.3) is 5.91 Å². The highest BCUT2D eigenvalue weighted by Gasteiger charge is 2.25. The summed E-state index contributed by atoms with van der Waals surface area (Å²) in [7, 11) is 0. The summed E-state index contributed by atoms with van der Waals surface area (Å²) in [6, 6.07) is 10.5. The number of hydrogen-bond donors (Lipinski definition) is 0. The van der Waals surface area contributed by atoms with Crippen LogP contribution in [0.25, 0.3) is 0 Å². The lowest BCUT2D eigenvalue weighted by Crippen LogP contribution is -2.48. The Bertz CT molecular complexity index is 791. The van der Waals surface area contributed by atoms with E-state index < -0.39 is 6.61 Å². The first-order valence-electron chi connectivity index (χ1n) is 8.44. The first-order valence-corrected chi connectivity index (χ1v) is 8.82. The summed E-state index contributed by atoms with van der Waals surface area (Å²) >= 11 is 6.06. The molecule has 0 unspecified atom stereocenters. The molecule has 8 heteroatoms. The predicted molar refractivity (Wildman–Crippen MR) is 95.7 cm³/mol. The minimum Gasteiger partial charge on any atom is -0.434 e. The molecule has 1 aliphatic rings. The molecule has 0 saturated carbocycles. The molecular weight excluding hydrogens is 381 g/mol. The van der Waals surface area contributed by atoms with Crippen LogP contribution in [0.15, 0.2) is 42.5 Å². The van der Waals surface area contributed by atoms with Crippen LogP contribution in [0.4, 0.5) is 13.2 Å². The van der Waals surface area contributed by atoms with E-state index >= 15 is 0 Å². The van der Waals surface area contributed by atoms with Crippen LogP contribution in [0.5, 0.6) is 5.75 Å². The normalized spacial score (nSPS) is 15.2. The number of alkyl halides is 2. The molecule has 144 valence electrons. The van der Waals surface area contributed by atoms with E-state index in [2.05, 4.69) is 4.74 Å². The molecule has 0 spiro atoms. The number of carbonyl (C=O) groups is 1. The molecular formula is C19H18ClF3N2O2. The summed E-state index contributed by atoms with van der Waals surface area (Å²) in [5, 5.41) is 0.367. The van der Waals surface area contributed by atoms with Crippen molar-refractivity contribution < 1.29 is 22.7 Å². The first kappa shape index (κ1) is 19.5. The molecule has 1 amide bonds. The van der Waals surface area contributed by atoms with E-state index in [9.17, 15) is 18.0 Å². The molecule has 0 N–H and O–H groups in total. The van der Waals surface area contributed by atoms with E-state index in [-0.39, 0.29) is 23.0 Å². The Morgan fingerprint density at radius 2 is 1.78 bits per heavy atom. The number of benzene rings is 2. The molecule has 0 atom stereocenters. The number of carbonyl (C=O) groups excluding carboxylic acids is 1. The molecule has 0 aromatic heterocycles. The van der Waals surface area contributed by atoms with Gasteiger partial charge >= 0.3 is 6.61 Å². The standard InChI is InChI=1S/C19H18ClF3N2O2/c20-15-5-3-6-16(21)14(15)12-24-8-10-25(11-9-24)18(26)13-4-1-2-7-17(13)27-19(22)23/h1-7,19H,8-12H2. The summed E-state index contributed by atoms with van der Waals surface area (Å²) in [5.41, 5.74) is 0.526. The van der Waals surface area contributed by atoms with Crippen LogP contribution in [0.2, 0.25) is 5.02 Å². The third kappa shape index (κ3) is 4.73. The number of ether oxygens (including phenoxy) is 1. The van der Waals surface area contributed by atoms with E-state index in [1.807, 2.05) is 4.90 Å². The van der Waals surface area contributed by atoms with Crippen molar-refractivity contribution in [3.05, 3.63) is 64.4 Å². The second-order valence-electron chi connectivity index (χ2n) is 6.14. The van der Waals surface area contributed by atoms with Crippen molar-refractivity contribution in [2.45, 2.75) is 13.2 Å². The van der Waals surface area contributed by atoms with Gasteiger partial charge in [-0.1, -0.05) is 29.8 Å². The lowest BCUT2D eigenvalue weighted by Gasteiger charge is -2.35. The predicted octanol–water partition coefficient (Wildman–Crippen LogP) is 4.04. The van der Waals surface area contributed by atoms with Gasteiger partial charge in [0.2, 0.25) is 0 Å². The monoisotopic (exact) mass is 398 g/mol. The van der Waals surface area contributed by atoms with Gasteiger partial charge in [-0.05, 0) is 24.3 Å². The van der Waals surface area contributed by atoms with E-state index in [1.165, 1.54) is 24.3 Å². The number of nitrogens with zero attached hydrogens (tertiary/aromatic N) is 2. The fraction of sp³-hybridized carbons (Fsp3) is 0.316. The summed E-state index contributed by atoms with van der Waals surface area (Å²) < 4.78 is 43.4. The second-order valence-corrected chi connectivity index (χ2v) is 6.55. The molecule has 0 bridgehead atoms. The van der Waals surface area contributed by atoms with E-state index in [1.54, 1.807) is 23.1 Å². The van der Waals surface area contributed by atoms with Crippen LogP contribution in [-0.2, 0) is 6.54 Å². The van der Waals surface area contributed by atoms with Crippen molar-refractivity contribution in [2.24, 2.45) is 0 Å². The molecule has 0 aliphatic carbocycles. The highest BCUT2D eigenvalue weighted by Crippen LogP contribution is 2.24. The van der Waals surface area contributed by atoms with Crippen molar-refractivity contribution in [1.29, 1.82) is 0 Å². The SMILES string of the molecule is O=C(c1ccccc1OC(F)F)N1CCN(Cc2c(F)cccc2Cl)CC1. The van der Waals surface area contributed by atoms with Gasteiger partial charge in [-0.15, -0.1) is 0 Å². The number of halogens is 4. The smallest absolute Gasteiger partial charge is 0.387 e. The number of para-hydroxylation sites is 1. The average Bonchev–Trinajstić information content (AvgIpc) is 2.65. The average molecular weight is 399 g/mol. The molecule has 2 aromatic rings. The molecule has 4 nitrogen and oxygen atoms in total. The summed E-state index contributed by atoms with van der Waals surface area (Å²) in [6.45, 7) is -0.815. The molecule has 3 rings (SSSR count). The van der Waals surface area contributed by atoms with Crippen molar-refractivity contribution in [3.8, 4) is 5.75 Å². The molecule has 1 fully saturated rings. The Morgan fingerprint density at radius 1 is 1.07 bits per heavy atom. The van der Waals surface area contributed by atoms with E-state index in [4.69, 9.17) is 11.6 Å². The maximum Gasteiger partial charge on any atom is 0.387 e. The Labute approximate surface area is 160 Å². The number of amides is 1. The van der Waals surface area contributed by atoms with Crippen LogP contribution in [-0.4, -0.2) is 48.5 Å². The third-order valence-electron chi connectivity index (χ3n) is 4.44. The molecule has 2 aromatic carbocycles. The lowest BCUT2D eigenvalue weighted by molar-refractivity contribution is -0.0503. The molecule has 1 aliphatic heterocycles. The van der Waals surface area contributed by atoms with Gasteiger partial charge in [-0.2, -0.15) is 8.78 Å².